The molecular formula is C15H19N5O2. The molecule has 1 aliphatic heterocycles. The predicted octanol–water partition coefficient (Wildman–Crippen LogP) is 0.535. The van der Waals surface area contributed by atoms with Crippen molar-refractivity contribution in [3.63, 3.8) is 0 Å². The van der Waals surface area contributed by atoms with Crippen LogP contribution >= 0.6 is 0 Å². The molecule has 0 aliphatic carbocycles. The van der Waals surface area contributed by atoms with E-state index in [0.717, 1.165) is 25.2 Å². The summed E-state index contributed by atoms with van der Waals surface area (Å²) < 4.78 is 5.11. The van der Waals surface area contributed by atoms with Gasteiger partial charge in [0.05, 0.1) is 24.6 Å². The minimum atomic E-state index is -0.520. The summed E-state index contributed by atoms with van der Waals surface area (Å²) in [5.41, 5.74) is 7.93. The van der Waals surface area contributed by atoms with Crippen LogP contribution in [0.4, 0.5) is 5.69 Å². The monoisotopic (exact) mass is 301 g/mol. The Morgan fingerprint density at radius 3 is 2.91 bits per heavy atom. The van der Waals surface area contributed by atoms with Crippen molar-refractivity contribution in [3.8, 4) is 5.88 Å². The van der Waals surface area contributed by atoms with Crippen LogP contribution in [0.5, 0.6) is 5.88 Å². The standard InChI is InChI=1S/C15H19N5O2/c1-17-9-5-6-20(8-9)11-4-3-10(15(16)21)13-14(11)18-7-12(19-13)22-2/h3-4,7,9,17H,5-6,8H2,1-2H3,(H2,16,21). The minimum Gasteiger partial charge on any atom is -0.480 e. The number of amides is 1. The average molecular weight is 301 g/mol. The van der Waals surface area contributed by atoms with Gasteiger partial charge in [0.1, 0.15) is 11.0 Å². The van der Waals surface area contributed by atoms with Crippen LogP contribution in [-0.2, 0) is 0 Å². The van der Waals surface area contributed by atoms with E-state index < -0.39 is 5.91 Å². The lowest BCUT2D eigenvalue weighted by Gasteiger charge is -2.20. The first-order chi connectivity index (χ1) is 10.6. The first kappa shape index (κ1) is 14.5. The Bertz CT molecular complexity index is 718. The van der Waals surface area contributed by atoms with Crippen LogP contribution in [0.15, 0.2) is 18.3 Å². The van der Waals surface area contributed by atoms with Crippen LogP contribution in [-0.4, -0.2) is 49.2 Å². The summed E-state index contributed by atoms with van der Waals surface area (Å²) in [5.74, 6) is -0.157. The number of carbonyl (C=O) groups is 1. The number of aromatic nitrogens is 2. The van der Waals surface area contributed by atoms with E-state index >= 15 is 0 Å². The average Bonchev–Trinajstić information content (AvgIpc) is 3.01. The van der Waals surface area contributed by atoms with Gasteiger partial charge in [-0.1, -0.05) is 0 Å². The molecule has 0 spiro atoms. The number of methoxy groups -OCH3 is 1. The summed E-state index contributed by atoms with van der Waals surface area (Å²) in [4.78, 5) is 22.7. The molecule has 0 radical (unpaired) electrons. The third-order valence-electron chi connectivity index (χ3n) is 4.07. The third kappa shape index (κ3) is 2.43. The number of nitrogens with zero attached hydrogens (tertiary/aromatic N) is 3. The molecule has 1 unspecified atom stereocenters. The highest BCUT2D eigenvalue weighted by Crippen LogP contribution is 2.30. The maximum atomic E-state index is 11.6. The van der Waals surface area contributed by atoms with Crippen LogP contribution in [0.25, 0.3) is 11.0 Å². The van der Waals surface area contributed by atoms with Gasteiger partial charge in [-0.2, -0.15) is 0 Å². The molecule has 3 rings (SSSR count). The molecule has 3 N–H and O–H groups in total. The van der Waals surface area contributed by atoms with Gasteiger partial charge >= 0.3 is 0 Å². The van der Waals surface area contributed by atoms with E-state index in [1.807, 2.05) is 13.1 Å². The number of nitrogens with two attached hydrogens (primary N) is 1. The Morgan fingerprint density at radius 1 is 1.45 bits per heavy atom. The van der Waals surface area contributed by atoms with Crippen molar-refractivity contribution in [1.82, 2.24) is 15.3 Å². The highest BCUT2D eigenvalue weighted by atomic mass is 16.5. The van der Waals surface area contributed by atoms with E-state index in [-0.39, 0.29) is 0 Å². The Hall–Kier alpha value is -2.41. The Morgan fingerprint density at radius 2 is 2.27 bits per heavy atom. The number of likely N-dealkylation sites (N-methyl/N-ethyl adjacent to an activating group) is 1. The zero-order valence-electron chi connectivity index (χ0n) is 12.7. The number of hydrogen-bond acceptors (Lipinski definition) is 6. The Labute approximate surface area is 128 Å². The molecule has 1 atom stereocenters. The topological polar surface area (TPSA) is 93.4 Å². The molecule has 0 saturated carbocycles. The van der Waals surface area contributed by atoms with Crippen molar-refractivity contribution in [3.05, 3.63) is 23.9 Å². The Balaban J connectivity index is 2.12. The molecule has 0 bridgehead atoms. The minimum absolute atomic E-state index is 0.356. The molecule has 7 nitrogen and oxygen atoms in total. The van der Waals surface area contributed by atoms with Crippen molar-refractivity contribution in [2.75, 3.05) is 32.1 Å². The van der Waals surface area contributed by atoms with Crippen LogP contribution in [0, 0.1) is 0 Å². The van der Waals surface area contributed by atoms with Gasteiger partial charge in [0, 0.05) is 19.1 Å². The fraction of sp³-hybridized carbons (Fsp3) is 0.400. The summed E-state index contributed by atoms with van der Waals surface area (Å²) in [6, 6.07) is 4.06. The number of nitrogens with one attached hydrogen (secondary N) is 1. The second kappa shape index (κ2) is 5.76. The van der Waals surface area contributed by atoms with Crippen molar-refractivity contribution in [2.24, 2.45) is 5.73 Å². The number of ether oxygens (including phenoxy) is 1. The summed E-state index contributed by atoms with van der Waals surface area (Å²) in [6.45, 7) is 1.83. The second-order valence-electron chi connectivity index (χ2n) is 5.33. The van der Waals surface area contributed by atoms with Gasteiger partial charge in [-0.25, -0.2) is 9.97 Å². The quantitative estimate of drug-likeness (QED) is 0.856. The first-order valence-corrected chi connectivity index (χ1v) is 7.19. The summed E-state index contributed by atoms with van der Waals surface area (Å²) in [7, 11) is 3.48. The molecule has 2 heterocycles. The van der Waals surface area contributed by atoms with Gasteiger partial charge < -0.3 is 20.7 Å². The van der Waals surface area contributed by atoms with Gasteiger partial charge in [-0.15, -0.1) is 0 Å². The number of anilines is 1. The molecule has 2 aromatic rings. The fourth-order valence-electron chi connectivity index (χ4n) is 2.84. The number of benzene rings is 1. The third-order valence-corrected chi connectivity index (χ3v) is 4.07. The van der Waals surface area contributed by atoms with E-state index in [9.17, 15) is 4.79 Å². The lowest BCUT2D eigenvalue weighted by Crippen LogP contribution is -2.29. The van der Waals surface area contributed by atoms with Gasteiger partial charge in [0.2, 0.25) is 5.88 Å². The van der Waals surface area contributed by atoms with E-state index in [2.05, 4.69) is 20.2 Å². The van der Waals surface area contributed by atoms with Crippen molar-refractivity contribution in [1.29, 1.82) is 0 Å². The zero-order chi connectivity index (χ0) is 15.7. The van der Waals surface area contributed by atoms with Gasteiger partial charge in [0.25, 0.3) is 5.91 Å². The maximum absolute atomic E-state index is 11.6. The van der Waals surface area contributed by atoms with E-state index in [0.29, 0.717) is 28.5 Å². The van der Waals surface area contributed by atoms with Gasteiger partial charge in [0.15, 0.2) is 0 Å². The maximum Gasteiger partial charge on any atom is 0.250 e. The summed E-state index contributed by atoms with van der Waals surface area (Å²) in [5, 5.41) is 3.29. The molecule has 1 saturated heterocycles. The zero-order valence-corrected chi connectivity index (χ0v) is 12.7. The number of carbonyl (C=O) groups excluding carboxylic acids is 1. The predicted molar refractivity (Wildman–Crippen MR) is 84.3 cm³/mol. The molecule has 22 heavy (non-hydrogen) atoms. The molecule has 1 amide bonds. The smallest absolute Gasteiger partial charge is 0.250 e. The number of hydrogen-bond donors (Lipinski definition) is 2. The highest BCUT2D eigenvalue weighted by Gasteiger charge is 2.24. The second-order valence-corrected chi connectivity index (χ2v) is 5.33. The van der Waals surface area contributed by atoms with E-state index in [4.69, 9.17) is 10.5 Å². The van der Waals surface area contributed by atoms with Crippen molar-refractivity contribution >= 4 is 22.6 Å². The molecule has 1 aliphatic rings. The molecule has 1 aromatic carbocycles. The van der Waals surface area contributed by atoms with Gasteiger partial charge in [-0.3, -0.25) is 4.79 Å². The first-order valence-electron chi connectivity index (χ1n) is 7.19. The number of rotatable bonds is 4. The number of fused-ring (bicyclic) bond motifs is 1. The molecule has 1 fully saturated rings. The Kier molecular flexibility index (Phi) is 3.81. The molecule has 116 valence electrons. The lowest BCUT2D eigenvalue weighted by molar-refractivity contribution is 0.100. The fourth-order valence-corrected chi connectivity index (χ4v) is 2.84. The van der Waals surface area contributed by atoms with Crippen LogP contribution in [0.3, 0.4) is 0 Å². The molecule has 7 heteroatoms. The number of primary amides is 1. The van der Waals surface area contributed by atoms with Crippen molar-refractivity contribution < 1.29 is 9.53 Å². The van der Waals surface area contributed by atoms with Crippen LogP contribution in [0.2, 0.25) is 0 Å². The summed E-state index contributed by atoms with van der Waals surface area (Å²) in [6.07, 6.45) is 2.63. The molecule has 1 aromatic heterocycles. The van der Waals surface area contributed by atoms with Crippen LogP contribution < -0.4 is 20.7 Å². The van der Waals surface area contributed by atoms with Crippen LogP contribution in [0.1, 0.15) is 16.8 Å². The largest absolute Gasteiger partial charge is 0.480 e. The van der Waals surface area contributed by atoms with Crippen molar-refractivity contribution in [2.45, 2.75) is 12.5 Å². The van der Waals surface area contributed by atoms with E-state index in [1.54, 1.807) is 12.3 Å². The SMILES string of the molecule is CNC1CCN(c2ccc(C(N)=O)c3nc(OC)cnc23)C1. The normalized spacial score (nSPS) is 17.9. The summed E-state index contributed by atoms with van der Waals surface area (Å²) >= 11 is 0. The lowest BCUT2D eigenvalue weighted by atomic mass is 10.1. The van der Waals surface area contributed by atoms with Gasteiger partial charge in [-0.05, 0) is 25.6 Å². The van der Waals surface area contributed by atoms with E-state index in [1.165, 1.54) is 7.11 Å². The molecular weight excluding hydrogens is 282 g/mol. The highest BCUT2D eigenvalue weighted by molar-refractivity contribution is 6.07.